The zero-order chi connectivity index (χ0) is 15.9. The Hall–Kier alpha value is -1.66. The highest BCUT2D eigenvalue weighted by Gasteiger charge is 2.12. The summed E-state index contributed by atoms with van der Waals surface area (Å²) in [6.07, 6.45) is 1.09. The van der Waals surface area contributed by atoms with Crippen molar-refractivity contribution in [2.45, 2.75) is 20.3 Å². The molecular formula is C16H21BrN4O. The Morgan fingerprint density at radius 2 is 1.95 bits per heavy atom. The van der Waals surface area contributed by atoms with Gasteiger partial charge in [0.1, 0.15) is 0 Å². The summed E-state index contributed by atoms with van der Waals surface area (Å²) in [6.45, 7) is 6.39. The molecule has 0 aliphatic rings. The lowest BCUT2D eigenvalue weighted by Gasteiger charge is -2.05. The van der Waals surface area contributed by atoms with Crippen molar-refractivity contribution in [2.24, 2.45) is 0 Å². The van der Waals surface area contributed by atoms with Crippen LogP contribution in [0.15, 0.2) is 34.8 Å². The number of carbonyl (C=O) groups excluding carboxylic acids is 1. The third-order valence-corrected chi connectivity index (χ3v) is 3.73. The first-order valence-corrected chi connectivity index (χ1v) is 8.22. The van der Waals surface area contributed by atoms with Gasteiger partial charge in [0, 0.05) is 23.3 Å². The van der Waals surface area contributed by atoms with Gasteiger partial charge < -0.3 is 10.6 Å². The highest BCUT2D eigenvalue weighted by molar-refractivity contribution is 9.10. The first kappa shape index (κ1) is 16.7. The lowest BCUT2D eigenvalue weighted by Crippen LogP contribution is -2.32. The zero-order valence-corrected chi connectivity index (χ0v) is 14.5. The lowest BCUT2D eigenvalue weighted by atomic mass is 10.3. The van der Waals surface area contributed by atoms with E-state index in [4.69, 9.17) is 0 Å². The topological polar surface area (TPSA) is 58.9 Å². The third kappa shape index (κ3) is 4.42. The van der Waals surface area contributed by atoms with Crippen LogP contribution >= 0.6 is 15.9 Å². The van der Waals surface area contributed by atoms with Gasteiger partial charge in [-0.05, 0) is 50.2 Å². The predicted octanol–water partition coefficient (Wildman–Crippen LogP) is 2.67. The van der Waals surface area contributed by atoms with Gasteiger partial charge in [-0.3, -0.25) is 4.79 Å². The molecule has 2 rings (SSSR count). The van der Waals surface area contributed by atoms with Crippen LogP contribution in [-0.2, 0) is 0 Å². The summed E-state index contributed by atoms with van der Waals surface area (Å²) in [7, 11) is 0. The van der Waals surface area contributed by atoms with Crippen LogP contribution in [0.5, 0.6) is 0 Å². The van der Waals surface area contributed by atoms with E-state index in [1.165, 1.54) is 0 Å². The largest absolute Gasteiger partial charge is 0.349 e. The summed E-state index contributed by atoms with van der Waals surface area (Å²) >= 11 is 3.41. The number of aromatic nitrogens is 2. The Balaban J connectivity index is 1.99. The fourth-order valence-electron chi connectivity index (χ4n) is 2.09. The number of carbonyl (C=O) groups is 1. The summed E-state index contributed by atoms with van der Waals surface area (Å²) < 4.78 is 2.79. The molecule has 0 saturated heterocycles. The van der Waals surface area contributed by atoms with Crippen molar-refractivity contribution < 1.29 is 4.79 Å². The molecule has 0 aliphatic heterocycles. The molecule has 2 aromatic rings. The van der Waals surface area contributed by atoms with Gasteiger partial charge in [-0.15, -0.1) is 0 Å². The van der Waals surface area contributed by atoms with E-state index in [9.17, 15) is 4.79 Å². The van der Waals surface area contributed by atoms with Crippen molar-refractivity contribution in [3.63, 3.8) is 0 Å². The number of nitrogens with one attached hydrogen (secondary N) is 2. The minimum absolute atomic E-state index is 0.141. The van der Waals surface area contributed by atoms with E-state index in [0.29, 0.717) is 12.2 Å². The van der Waals surface area contributed by atoms with Gasteiger partial charge >= 0.3 is 0 Å². The van der Waals surface area contributed by atoms with Crippen molar-refractivity contribution in [1.29, 1.82) is 0 Å². The van der Waals surface area contributed by atoms with Crippen molar-refractivity contribution in [3.05, 3.63) is 46.2 Å². The number of aryl methyl sites for hydroxylation is 1. The molecule has 0 spiro atoms. The van der Waals surface area contributed by atoms with Crippen molar-refractivity contribution in [3.8, 4) is 5.69 Å². The molecule has 0 aliphatic carbocycles. The Kier molecular flexibility index (Phi) is 6.15. The number of halogens is 1. The zero-order valence-electron chi connectivity index (χ0n) is 12.9. The van der Waals surface area contributed by atoms with Crippen molar-refractivity contribution in [1.82, 2.24) is 20.4 Å². The van der Waals surface area contributed by atoms with Crippen LogP contribution in [0.2, 0.25) is 0 Å². The molecule has 1 aromatic heterocycles. The number of benzene rings is 1. The fourth-order valence-corrected chi connectivity index (χ4v) is 2.35. The molecule has 22 heavy (non-hydrogen) atoms. The molecule has 0 atom stereocenters. The maximum absolute atomic E-state index is 12.1. The minimum atomic E-state index is -0.141. The fraction of sp³-hybridized carbons (Fsp3) is 0.375. The highest BCUT2D eigenvalue weighted by atomic mass is 79.9. The van der Waals surface area contributed by atoms with Gasteiger partial charge in [0.2, 0.25) is 0 Å². The molecule has 0 bridgehead atoms. The molecule has 118 valence electrons. The van der Waals surface area contributed by atoms with E-state index in [1.807, 2.05) is 31.2 Å². The van der Waals surface area contributed by atoms with Crippen LogP contribution < -0.4 is 10.6 Å². The molecule has 1 amide bonds. The van der Waals surface area contributed by atoms with Crippen LogP contribution in [0.1, 0.15) is 29.5 Å². The number of hydrogen-bond donors (Lipinski definition) is 2. The number of hydrogen-bond acceptors (Lipinski definition) is 3. The molecular weight excluding hydrogens is 344 g/mol. The van der Waals surface area contributed by atoms with Gasteiger partial charge in [0.05, 0.1) is 5.69 Å². The van der Waals surface area contributed by atoms with E-state index < -0.39 is 0 Å². The minimum Gasteiger partial charge on any atom is -0.349 e. The summed E-state index contributed by atoms with van der Waals surface area (Å²) in [6, 6.07) is 9.63. The first-order chi connectivity index (χ1) is 10.6. The van der Waals surface area contributed by atoms with Crippen LogP contribution in [-0.4, -0.2) is 35.3 Å². The summed E-state index contributed by atoms with van der Waals surface area (Å²) in [5, 5.41) is 10.5. The molecule has 0 radical (unpaired) electrons. The van der Waals surface area contributed by atoms with E-state index in [2.05, 4.69) is 38.6 Å². The van der Waals surface area contributed by atoms with E-state index in [1.54, 1.807) is 10.7 Å². The Morgan fingerprint density at radius 3 is 2.64 bits per heavy atom. The van der Waals surface area contributed by atoms with Crippen molar-refractivity contribution in [2.75, 3.05) is 19.6 Å². The van der Waals surface area contributed by atoms with Crippen LogP contribution in [0.3, 0.4) is 0 Å². The summed E-state index contributed by atoms with van der Waals surface area (Å²) in [4.78, 5) is 12.1. The number of amides is 1. The second kappa shape index (κ2) is 8.10. The maximum Gasteiger partial charge on any atom is 0.271 e. The molecule has 1 heterocycles. The monoisotopic (exact) mass is 364 g/mol. The average Bonchev–Trinajstić information content (AvgIpc) is 2.90. The Morgan fingerprint density at radius 1 is 1.23 bits per heavy atom. The average molecular weight is 365 g/mol. The van der Waals surface area contributed by atoms with Gasteiger partial charge in [-0.2, -0.15) is 5.10 Å². The van der Waals surface area contributed by atoms with Crippen LogP contribution in [0, 0.1) is 6.92 Å². The molecule has 0 saturated carbocycles. The number of rotatable bonds is 7. The smallest absolute Gasteiger partial charge is 0.271 e. The molecule has 5 nitrogen and oxygen atoms in total. The Labute approximate surface area is 139 Å². The van der Waals surface area contributed by atoms with Crippen molar-refractivity contribution >= 4 is 21.8 Å². The third-order valence-electron chi connectivity index (χ3n) is 3.21. The van der Waals surface area contributed by atoms with E-state index in [0.717, 1.165) is 35.4 Å². The molecule has 6 heteroatoms. The molecule has 2 N–H and O–H groups in total. The summed E-state index contributed by atoms with van der Waals surface area (Å²) in [5.41, 5.74) is 2.30. The first-order valence-electron chi connectivity index (χ1n) is 7.43. The van der Waals surface area contributed by atoms with Gasteiger partial charge in [-0.1, -0.05) is 22.9 Å². The maximum atomic E-state index is 12.1. The second-order valence-electron chi connectivity index (χ2n) is 5.07. The van der Waals surface area contributed by atoms with Gasteiger partial charge in [0.15, 0.2) is 5.69 Å². The molecule has 1 aromatic carbocycles. The lowest BCUT2D eigenvalue weighted by molar-refractivity contribution is 0.0948. The Bertz CT molecular complexity index is 622. The van der Waals surface area contributed by atoms with Crippen LogP contribution in [0.4, 0.5) is 0 Å². The van der Waals surface area contributed by atoms with Gasteiger partial charge in [-0.25, -0.2) is 4.68 Å². The molecule has 0 unspecified atom stereocenters. The van der Waals surface area contributed by atoms with E-state index >= 15 is 0 Å². The standard InChI is InChI=1S/C16H21BrN4O/c1-3-8-18-9-10-19-16(22)15-11-12(2)21(20-15)14-6-4-13(17)5-7-14/h4-7,11,18H,3,8-10H2,1-2H3,(H,19,22). The van der Waals surface area contributed by atoms with Crippen LogP contribution in [0.25, 0.3) is 5.69 Å². The normalized spacial score (nSPS) is 10.7. The summed E-state index contributed by atoms with van der Waals surface area (Å²) in [5.74, 6) is -0.141. The SMILES string of the molecule is CCCNCCNC(=O)c1cc(C)n(-c2ccc(Br)cc2)n1. The van der Waals surface area contributed by atoms with E-state index in [-0.39, 0.29) is 5.91 Å². The van der Waals surface area contributed by atoms with Gasteiger partial charge in [0.25, 0.3) is 5.91 Å². The second-order valence-corrected chi connectivity index (χ2v) is 5.98. The predicted molar refractivity (Wildman–Crippen MR) is 91.5 cm³/mol. The molecule has 0 fully saturated rings. The quantitative estimate of drug-likeness (QED) is 0.742. The number of nitrogens with zero attached hydrogens (tertiary/aromatic N) is 2. The highest BCUT2D eigenvalue weighted by Crippen LogP contribution is 2.16.